The molecule has 2 rings (SSSR count). The van der Waals surface area contributed by atoms with E-state index in [4.69, 9.17) is 33.5 Å². The molecule has 2 fully saturated rings. The van der Waals surface area contributed by atoms with Crippen LogP contribution in [0.5, 0.6) is 0 Å². The van der Waals surface area contributed by atoms with Crippen molar-refractivity contribution in [3.63, 3.8) is 0 Å². The number of carbonyl (C=O) groups is 5. The summed E-state index contributed by atoms with van der Waals surface area (Å²) in [5.74, 6) is -1.30. The maximum atomic E-state index is 11.8. The molecule has 2 heterocycles. The molecule has 2 saturated heterocycles. The van der Waals surface area contributed by atoms with Gasteiger partial charge in [0.1, 0.15) is 32.0 Å². The van der Waals surface area contributed by atoms with Gasteiger partial charge < -0.3 is 38.3 Å². The first kappa shape index (κ1) is 83.0. The van der Waals surface area contributed by atoms with Gasteiger partial charge in [0.15, 0.2) is 12.2 Å². The zero-order valence-corrected chi connectivity index (χ0v) is 55.6. The van der Waals surface area contributed by atoms with Crippen LogP contribution in [0.2, 0.25) is 0 Å². The Kier molecular flexibility index (Phi) is 66.7. The lowest BCUT2D eigenvalue weighted by molar-refractivity contribution is -0.188. The molecular formula is C71H134O13. The van der Waals surface area contributed by atoms with Crippen LogP contribution in [0.15, 0.2) is 12.7 Å². The topological polar surface area (TPSA) is 173 Å². The normalized spacial score (nSPS) is 15.4. The molecule has 0 aliphatic carbocycles. The van der Waals surface area contributed by atoms with Gasteiger partial charge in [-0.3, -0.25) is 14.4 Å². The molecule has 0 bridgehead atoms. The van der Waals surface area contributed by atoms with Crippen molar-refractivity contribution in [1.29, 1.82) is 0 Å². The average molecular weight is 1200 g/mol. The summed E-state index contributed by atoms with van der Waals surface area (Å²) < 4.78 is 35.1. The van der Waals surface area contributed by atoms with Gasteiger partial charge in [0.05, 0.1) is 19.8 Å². The van der Waals surface area contributed by atoms with Crippen molar-refractivity contribution in [3.05, 3.63) is 12.7 Å². The number of ether oxygens (including phenoxy) is 7. The van der Waals surface area contributed by atoms with E-state index in [0.717, 1.165) is 45.1 Å². The number of hydrogen-bond acceptors (Lipinski definition) is 13. The third kappa shape index (κ3) is 66.5. The number of esters is 5. The van der Waals surface area contributed by atoms with Crippen molar-refractivity contribution in [2.45, 2.75) is 374 Å². The Hall–Kier alpha value is -3.03. The highest BCUT2D eigenvalue weighted by atomic mass is 16.6. The first-order valence-corrected chi connectivity index (χ1v) is 35.3. The number of unbranched alkanes of at least 4 members (excludes halogenated alkanes) is 42. The zero-order chi connectivity index (χ0) is 62.0. The van der Waals surface area contributed by atoms with Crippen LogP contribution in [-0.4, -0.2) is 99.0 Å². The molecule has 0 spiro atoms. The summed E-state index contributed by atoms with van der Waals surface area (Å²) in [5, 5.41) is 8.48. The average Bonchev–Trinajstić information content (AvgIpc) is 4.42. The minimum absolute atomic E-state index is 0.0554. The fourth-order valence-electron chi connectivity index (χ4n) is 9.79. The van der Waals surface area contributed by atoms with Crippen molar-refractivity contribution in [2.24, 2.45) is 0 Å². The van der Waals surface area contributed by atoms with Crippen LogP contribution in [0.3, 0.4) is 0 Å². The highest BCUT2D eigenvalue weighted by molar-refractivity contribution is 5.75. The summed E-state index contributed by atoms with van der Waals surface area (Å²) in [6.45, 7) is 17.3. The second kappa shape index (κ2) is 67.5. The van der Waals surface area contributed by atoms with E-state index in [9.17, 15) is 24.0 Å². The quantitative estimate of drug-likeness (QED) is 0.0201. The molecule has 496 valence electrons. The van der Waals surface area contributed by atoms with Gasteiger partial charge in [-0.1, -0.05) is 303 Å². The van der Waals surface area contributed by atoms with Crippen LogP contribution in [0.4, 0.5) is 0 Å². The maximum absolute atomic E-state index is 11.8. The smallest absolute Gasteiger partial charge is 0.335 e. The summed E-state index contributed by atoms with van der Waals surface area (Å²) in [5.41, 5.74) is 0. The number of cyclic esters (lactones) is 1. The Labute approximate surface area is 516 Å². The summed E-state index contributed by atoms with van der Waals surface area (Å²) in [4.78, 5) is 56.1. The van der Waals surface area contributed by atoms with E-state index in [1.165, 1.54) is 257 Å². The van der Waals surface area contributed by atoms with Gasteiger partial charge in [-0.15, -0.1) is 0 Å². The molecule has 2 aliphatic rings. The highest BCUT2D eigenvalue weighted by Crippen LogP contribution is 2.18. The van der Waals surface area contributed by atoms with Gasteiger partial charge in [-0.05, 0) is 40.0 Å². The number of aliphatic hydroxyl groups excluding tert-OH is 1. The molecule has 2 aliphatic heterocycles. The van der Waals surface area contributed by atoms with Crippen molar-refractivity contribution in [3.8, 4) is 0 Å². The van der Waals surface area contributed by atoms with Crippen molar-refractivity contribution < 1.29 is 62.2 Å². The number of epoxide rings is 1. The van der Waals surface area contributed by atoms with Crippen molar-refractivity contribution in [2.75, 3.05) is 39.6 Å². The van der Waals surface area contributed by atoms with E-state index >= 15 is 0 Å². The first-order chi connectivity index (χ1) is 40.9. The van der Waals surface area contributed by atoms with Crippen molar-refractivity contribution >= 4 is 29.8 Å². The second-order valence-electron chi connectivity index (χ2n) is 23.9. The molecule has 13 nitrogen and oxygen atoms in total. The van der Waals surface area contributed by atoms with Crippen LogP contribution in [-0.2, 0) is 57.1 Å². The van der Waals surface area contributed by atoms with Crippen molar-refractivity contribution in [1.82, 2.24) is 0 Å². The van der Waals surface area contributed by atoms with Crippen LogP contribution < -0.4 is 0 Å². The zero-order valence-electron chi connectivity index (χ0n) is 55.6. The fraction of sp³-hybridized carbons (Fsp3) is 0.901. The monoisotopic (exact) mass is 1190 g/mol. The molecule has 84 heavy (non-hydrogen) atoms. The number of hydrogen-bond donors (Lipinski definition) is 1. The van der Waals surface area contributed by atoms with Gasteiger partial charge in [0, 0.05) is 19.3 Å². The van der Waals surface area contributed by atoms with Crippen LogP contribution in [0.1, 0.15) is 350 Å². The second-order valence-corrected chi connectivity index (χ2v) is 23.9. The number of aliphatic hydroxyl groups is 1. The van der Waals surface area contributed by atoms with E-state index in [-0.39, 0.29) is 36.6 Å². The first-order valence-electron chi connectivity index (χ1n) is 35.3. The largest absolute Gasteiger partial charge is 0.464 e. The summed E-state index contributed by atoms with van der Waals surface area (Å²) >= 11 is 0. The van der Waals surface area contributed by atoms with E-state index < -0.39 is 24.3 Å². The molecule has 0 amide bonds. The Balaban J connectivity index is 0. The van der Waals surface area contributed by atoms with Crippen LogP contribution in [0.25, 0.3) is 0 Å². The third-order valence-corrected chi connectivity index (χ3v) is 15.4. The molecule has 0 aromatic heterocycles. The highest BCUT2D eigenvalue weighted by Gasteiger charge is 2.28. The Bertz CT molecular complexity index is 1450. The van der Waals surface area contributed by atoms with E-state index in [1.54, 1.807) is 19.9 Å². The van der Waals surface area contributed by atoms with Gasteiger partial charge >= 0.3 is 29.8 Å². The lowest BCUT2D eigenvalue weighted by atomic mass is 10.0. The molecule has 4 atom stereocenters. The van der Waals surface area contributed by atoms with Gasteiger partial charge in [0.25, 0.3) is 0 Å². The van der Waals surface area contributed by atoms with Crippen LogP contribution in [0, 0.1) is 0 Å². The lowest BCUT2D eigenvalue weighted by Crippen LogP contribution is -2.41. The molecule has 0 aromatic carbocycles. The molecular weight excluding hydrogens is 1060 g/mol. The van der Waals surface area contributed by atoms with E-state index in [0.29, 0.717) is 45.7 Å². The molecule has 1 N–H and O–H groups in total. The summed E-state index contributed by atoms with van der Waals surface area (Å²) in [6, 6.07) is 0. The summed E-state index contributed by atoms with van der Waals surface area (Å²) in [6.07, 6.45) is 61.4. The van der Waals surface area contributed by atoms with Gasteiger partial charge in [-0.2, -0.15) is 0 Å². The maximum Gasteiger partial charge on any atom is 0.335 e. The standard InChI is InChI=1S/C24H44O5.C21H40O3.C21H40O2.C5H10O3/c1-3-4-5-6-7-8-9-10-11-12-13-14-15-16-17-18-23(25)28-20-22-19-27-21(2)24(26)29-22;1-2-3-4-5-6-7-8-9-10-11-12-13-14-15-16-17-21(22)24-19-20-18-23-20;1-3-5-6-7-8-9-10-11-12-13-14-15-16-17-18-19-21(22)23-20-4-2;1-3-8-5(7)4(2)6/h21-22H,3-20H2,1-2H3;20H,2-19H2,1H3;4H,2-3,5-20H2,1H3;4,6H,3H2,1-2H3. The van der Waals surface area contributed by atoms with Crippen LogP contribution >= 0.6 is 0 Å². The lowest BCUT2D eigenvalue weighted by Gasteiger charge is -2.26. The minimum Gasteiger partial charge on any atom is -0.464 e. The number of carbonyl (C=O) groups excluding carboxylic acids is 5. The third-order valence-electron chi connectivity index (χ3n) is 15.4. The van der Waals surface area contributed by atoms with E-state index in [1.807, 2.05) is 0 Å². The molecule has 13 heteroatoms. The Morgan fingerprint density at radius 3 is 0.940 bits per heavy atom. The summed E-state index contributed by atoms with van der Waals surface area (Å²) in [7, 11) is 0. The Morgan fingerprint density at radius 1 is 0.440 bits per heavy atom. The van der Waals surface area contributed by atoms with Gasteiger partial charge in [0.2, 0.25) is 0 Å². The molecule has 0 aromatic rings. The van der Waals surface area contributed by atoms with Gasteiger partial charge in [-0.25, -0.2) is 9.59 Å². The Morgan fingerprint density at radius 2 is 0.702 bits per heavy atom. The number of rotatable bonds is 56. The minimum atomic E-state index is -0.991. The molecule has 4 unspecified atom stereocenters. The molecule has 0 saturated carbocycles. The predicted octanol–water partition coefficient (Wildman–Crippen LogP) is 19.2. The molecule has 0 radical (unpaired) electrons. The van der Waals surface area contributed by atoms with E-state index in [2.05, 4.69) is 32.1 Å². The predicted molar refractivity (Wildman–Crippen MR) is 345 cm³/mol. The fourth-order valence-corrected chi connectivity index (χ4v) is 9.79. The SMILES string of the molecule is C=CCOC(=O)CCCCCCCCCCCCCCCCC.CCCCCCCCCCCCCCCCCC(=O)OCC1CO1.CCCCCCCCCCCCCCCCCC(=O)OCC1COC(C)C(=O)O1.CCOC(=O)C(C)O.